The Balaban J connectivity index is 3.11. The van der Waals surface area contributed by atoms with Crippen LogP contribution in [0.25, 0.3) is 0 Å². The maximum atomic E-state index is 11.3. The second-order valence-electron chi connectivity index (χ2n) is 7.06. The molecule has 4 nitrogen and oxygen atoms in total. The van der Waals surface area contributed by atoms with Crippen LogP contribution in [0.5, 0.6) is 0 Å². The van der Waals surface area contributed by atoms with Gasteiger partial charge in [0, 0.05) is 6.42 Å². The highest BCUT2D eigenvalue weighted by atomic mass is 16.5. The largest absolute Gasteiger partial charge is 0.481 e. The average Bonchev–Trinajstić information content (AvgIpc) is 2.58. The Labute approximate surface area is 154 Å². The molecule has 0 aliphatic rings. The van der Waals surface area contributed by atoms with Crippen LogP contribution >= 0.6 is 0 Å². The molecule has 25 heavy (non-hydrogen) atoms. The molecule has 0 fully saturated rings. The molecule has 0 aromatic rings. The van der Waals surface area contributed by atoms with Crippen LogP contribution in [0.4, 0.5) is 0 Å². The molecule has 0 heterocycles. The number of carbonyl (C=O) groups is 2. The van der Waals surface area contributed by atoms with E-state index in [1.54, 1.807) is 0 Å². The van der Waals surface area contributed by atoms with E-state index in [2.05, 4.69) is 6.92 Å². The molecule has 0 spiro atoms. The first kappa shape index (κ1) is 23.9. The molecule has 0 atom stereocenters. The lowest BCUT2D eigenvalue weighted by molar-refractivity contribution is -0.146. The summed E-state index contributed by atoms with van der Waals surface area (Å²) in [5.41, 5.74) is 0. The molecule has 4 heteroatoms. The van der Waals surface area contributed by atoms with Gasteiger partial charge in [-0.15, -0.1) is 0 Å². The van der Waals surface area contributed by atoms with Gasteiger partial charge in [-0.3, -0.25) is 9.59 Å². The molecule has 1 N–H and O–H groups in total. The van der Waals surface area contributed by atoms with Crippen molar-refractivity contribution in [3.05, 3.63) is 0 Å². The maximum absolute atomic E-state index is 11.3. The number of hydrogen-bond donors (Lipinski definition) is 1. The summed E-state index contributed by atoms with van der Waals surface area (Å²) in [5.74, 6) is -1.20. The Bertz CT molecular complexity index is 315. The fraction of sp³-hybridized carbons (Fsp3) is 0.905. The van der Waals surface area contributed by atoms with E-state index in [-0.39, 0.29) is 19.0 Å². The van der Waals surface area contributed by atoms with Crippen molar-refractivity contribution in [2.24, 2.45) is 0 Å². The van der Waals surface area contributed by atoms with E-state index in [1.807, 2.05) is 0 Å². The summed E-state index contributed by atoms with van der Waals surface area (Å²) in [4.78, 5) is 21.6. The van der Waals surface area contributed by atoms with Crippen molar-refractivity contribution in [3.8, 4) is 0 Å². The van der Waals surface area contributed by atoms with E-state index < -0.39 is 5.97 Å². The Kier molecular flexibility index (Phi) is 18.5. The minimum atomic E-state index is -0.931. The number of carboxylic acid groups (broad SMARTS) is 1. The third-order valence-corrected chi connectivity index (χ3v) is 4.56. The Hall–Kier alpha value is -1.06. The minimum Gasteiger partial charge on any atom is -0.481 e. The van der Waals surface area contributed by atoms with Gasteiger partial charge in [0.2, 0.25) is 0 Å². The van der Waals surface area contributed by atoms with Crippen LogP contribution in [0.15, 0.2) is 0 Å². The predicted molar refractivity (Wildman–Crippen MR) is 103 cm³/mol. The maximum Gasteiger partial charge on any atom is 0.306 e. The van der Waals surface area contributed by atoms with Crippen molar-refractivity contribution in [1.29, 1.82) is 0 Å². The molecule has 148 valence electrons. The average molecular weight is 357 g/mol. The van der Waals surface area contributed by atoms with Crippen LogP contribution < -0.4 is 0 Å². The molecule has 0 amide bonds. The lowest BCUT2D eigenvalue weighted by atomic mass is 10.0. The van der Waals surface area contributed by atoms with Crippen LogP contribution in [0.1, 0.15) is 116 Å². The van der Waals surface area contributed by atoms with Gasteiger partial charge in [0.05, 0.1) is 6.42 Å². The Morgan fingerprint density at radius 2 is 1.04 bits per heavy atom. The van der Waals surface area contributed by atoms with Crippen molar-refractivity contribution in [2.45, 2.75) is 116 Å². The zero-order valence-corrected chi connectivity index (χ0v) is 16.4. The summed E-state index contributed by atoms with van der Waals surface area (Å²) in [6, 6.07) is 0. The van der Waals surface area contributed by atoms with Crippen LogP contribution in [-0.2, 0) is 14.3 Å². The van der Waals surface area contributed by atoms with Crippen molar-refractivity contribution in [1.82, 2.24) is 0 Å². The van der Waals surface area contributed by atoms with E-state index in [4.69, 9.17) is 9.84 Å². The number of carbonyl (C=O) groups excluding carboxylic acids is 1. The summed E-state index contributed by atoms with van der Waals surface area (Å²) < 4.78 is 4.85. The summed E-state index contributed by atoms with van der Waals surface area (Å²) in [6.07, 6.45) is 19.8. The van der Waals surface area contributed by atoms with Crippen molar-refractivity contribution < 1.29 is 19.4 Å². The van der Waals surface area contributed by atoms with E-state index in [9.17, 15) is 9.59 Å². The lowest BCUT2D eigenvalue weighted by Crippen LogP contribution is -2.08. The molecular formula is C21H40O4. The first-order chi connectivity index (χ1) is 12.2. The highest BCUT2D eigenvalue weighted by Crippen LogP contribution is 2.13. The molecule has 0 bridgehead atoms. The molecule has 0 saturated carbocycles. The number of aliphatic carboxylic acids is 1. The molecule has 0 rings (SSSR count). The third-order valence-electron chi connectivity index (χ3n) is 4.56. The fourth-order valence-corrected chi connectivity index (χ4v) is 2.97. The number of unbranched alkanes of at least 4 members (excludes halogenated alkanes) is 14. The monoisotopic (exact) mass is 356 g/mol. The molecule has 0 aromatic heterocycles. The minimum absolute atomic E-state index is 0.00704. The van der Waals surface area contributed by atoms with E-state index in [1.165, 1.54) is 83.5 Å². The van der Waals surface area contributed by atoms with Crippen LogP contribution in [-0.4, -0.2) is 23.7 Å². The second kappa shape index (κ2) is 19.3. The van der Waals surface area contributed by atoms with Crippen LogP contribution in [0, 0.1) is 0 Å². The number of carboxylic acids is 1. The van der Waals surface area contributed by atoms with Crippen molar-refractivity contribution in [2.75, 3.05) is 6.61 Å². The number of ether oxygens (including phenoxy) is 1. The highest BCUT2D eigenvalue weighted by molar-refractivity contribution is 5.70. The zero-order chi connectivity index (χ0) is 18.6. The molecule has 0 unspecified atom stereocenters. The summed E-state index contributed by atoms with van der Waals surface area (Å²) in [5, 5.41) is 8.45. The molecular weight excluding hydrogens is 316 g/mol. The van der Waals surface area contributed by atoms with E-state index >= 15 is 0 Å². The van der Waals surface area contributed by atoms with Gasteiger partial charge in [0.25, 0.3) is 0 Å². The standard InChI is InChI=1S/C21H40O4/c1-2-3-4-5-6-7-8-9-10-11-12-13-14-15-16-17-21(24)25-19-18-20(22)23/h2-19H2,1H3,(H,22,23). The molecule has 0 radical (unpaired) electrons. The van der Waals surface area contributed by atoms with Crippen molar-refractivity contribution in [3.63, 3.8) is 0 Å². The lowest BCUT2D eigenvalue weighted by Gasteiger charge is -2.04. The van der Waals surface area contributed by atoms with Gasteiger partial charge in [0.1, 0.15) is 6.61 Å². The quantitative estimate of drug-likeness (QED) is 0.219. The zero-order valence-electron chi connectivity index (χ0n) is 16.4. The molecule has 0 saturated heterocycles. The summed E-state index contributed by atoms with van der Waals surface area (Å²) in [7, 11) is 0. The Morgan fingerprint density at radius 1 is 0.640 bits per heavy atom. The normalized spacial score (nSPS) is 10.8. The smallest absolute Gasteiger partial charge is 0.306 e. The number of hydrogen-bond acceptors (Lipinski definition) is 3. The third kappa shape index (κ3) is 20.9. The van der Waals surface area contributed by atoms with Crippen molar-refractivity contribution >= 4 is 11.9 Å². The fourth-order valence-electron chi connectivity index (χ4n) is 2.97. The molecule has 0 aromatic carbocycles. The van der Waals surface area contributed by atoms with Gasteiger partial charge in [0.15, 0.2) is 0 Å². The van der Waals surface area contributed by atoms with Crippen LogP contribution in [0.3, 0.4) is 0 Å². The predicted octanol–water partition coefficient (Wildman–Crippen LogP) is 6.27. The van der Waals surface area contributed by atoms with E-state index in [0.29, 0.717) is 6.42 Å². The molecule has 0 aliphatic carbocycles. The topological polar surface area (TPSA) is 63.6 Å². The van der Waals surface area contributed by atoms with Gasteiger partial charge in [-0.1, -0.05) is 96.8 Å². The van der Waals surface area contributed by atoms with E-state index in [0.717, 1.165) is 12.8 Å². The van der Waals surface area contributed by atoms with Gasteiger partial charge in [-0.25, -0.2) is 0 Å². The van der Waals surface area contributed by atoms with Gasteiger partial charge < -0.3 is 9.84 Å². The summed E-state index contributed by atoms with van der Waals surface area (Å²) in [6.45, 7) is 2.26. The number of rotatable bonds is 19. The summed E-state index contributed by atoms with van der Waals surface area (Å²) >= 11 is 0. The van der Waals surface area contributed by atoms with Gasteiger partial charge >= 0.3 is 11.9 Å². The number of esters is 1. The second-order valence-corrected chi connectivity index (χ2v) is 7.06. The molecule has 0 aliphatic heterocycles. The SMILES string of the molecule is CCCCCCCCCCCCCCCCCC(=O)OCCC(=O)O. The Morgan fingerprint density at radius 3 is 1.44 bits per heavy atom. The van der Waals surface area contributed by atoms with Gasteiger partial charge in [-0.2, -0.15) is 0 Å². The van der Waals surface area contributed by atoms with Crippen LogP contribution in [0.2, 0.25) is 0 Å². The van der Waals surface area contributed by atoms with Gasteiger partial charge in [-0.05, 0) is 6.42 Å². The highest BCUT2D eigenvalue weighted by Gasteiger charge is 2.04. The first-order valence-electron chi connectivity index (χ1n) is 10.5. The first-order valence-corrected chi connectivity index (χ1v) is 10.5.